The summed E-state index contributed by atoms with van der Waals surface area (Å²) >= 11 is 0. The van der Waals surface area contributed by atoms with Crippen molar-refractivity contribution >= 4 is 11.9 Å². The second-order valence-corrected chi connectivity index (χ2v) is 2.23. The Morgan fingerprint density at radius 3 is 2.62 bits per heavy atom. The van der Waals surface area contributed by atoms with Crippen LogP contribution in [0, 0.1) is 0 Å². The van der Waals surface area contributed by atoms with Gasteiger partial charge in [0.25, 0.3) is 0 Å². The molecule has 0 saturated heterocycles. The lowest BCUT2D eigenvalue weighted by atomic mass is 10.2. The van der Waals surface area contributed by atoms with Crippen molar-refractivity contribution in [3.8, 4) is 0 Å². The molecule has 74 valence electrons. The molecule has 0 fully saturated rings. The molecule has 5 nitrogen and oxygen atoms in total. The van der Waals surface area contributed by atoms with Crippen molar-refractivity contribution in [2.75, 3.05) is 13.7 Å². The molecule has 0 aliphatic carbocycles. The molecule has 0 aromatic heterocycles. The molecule has 0 aliphatic rings. The Labute approximate surface area is 75.9 Å². The van der Waals surface area contributed by atoms with Crippen LogP contribution in [0.5, 0.6) is 0 Å². The highest BCUT2D eigenvalue weighted by atomic mass is 16.5. The predicted octanol–water partition coefficient (Wildman–Crippen LogP) is 0.205. The van der Waals surface area contributed by atoms with E-state index >= 15 is 0 Å². The van der Waals surface area contributed by atoms with Gasteiger partial charge in [-0.3, -0.25) is 4.79 Å². The van der Waals surface area contributed by atoms with Crippen molar-refractivity contribution in [2.45, 2.75) is 12.5 Å². The van der Waals surface area contributed by atoms with E-state index < -0.39 is 18.0 Å². The summed E-state index contributed by atoms with van der Waals surface area (Å²) in [6.45, 7) is 3.45. The number of methoxy groups -OCH3 is 1. The number of carboxylic acids is 1. The Morgan fingerprint density at radius 1 is 1.62 bits per heavy atom. The van der Waals surface area contributed by atoms with Crippen molar-refractivity contribution in [1.82, 2.24) is 0 Å². The Kier molecular flexibility index (Phi) is 5.54. The fraction of sp³-hybridized carbons (Fsp3) is 0.500. The third kappa shape index (κ3) is 4.97. The standard InChI is InChI=1S/C8H12O5/c1-3-4-13-6(8(10)11)5-7(9)12-2/h3,6H,1,4-5H2,2H3,(H,10,11). The lowest BCUT2D eigenvalue weighted by Gasteiger charge is -2.10. The van der Waals surface area contributed by atoms with Crippen LogP contribution in [0.15, 0.2) is 12.7 Å². The first-order valence-corrected chi connectivity index (χ1v) is 3.64. The third-order valence-corrected chi connectivity index (χ3v) is 1.27. The summed E-state index contributed by atoms with van der Waals surface area (Å²) in [7, 11) is 1.19. The molecular weight excluding hydrogens is 176 g/mol. The van der Waals surface area contributed by atoms with Crippen molar-refractivity contribution in [2.24, 2.45) is 0 Å². The van der Waals surface area contributed by atoms with E-state index in [1.807, 2.05) is 0 Å². The van der Waals surface area contributed by atoms with Crippen LogP contribution in [0.25, 0.3) is 0 Å². The van der Waals surface area contributed by atoms with Crippen LogP contribution in [0.2, 0.25) is 0 Å². The average Bonchev–Trinajstić information content (AvgIpc) is 2.11. The number of carbonyl (C=O) groups is 2. The van der Waals surface area contributed by atoms with Gasteiger partial charge in [0.05, 0.1) is 20.1 Å². The summed E-state index contributed by atoms with van der Waals surface area (Å²) in [5.41, 5.74) is 0. The first-order valence-electron chi connectivity index (χ1n) is 3.64. The van der Waals surface area contributed by atoms with E-state index in [1.54, 1.807) is 0 Å². The number of hydrogen-bond acceptors (Lipinski definition) is 4. The minimum Gasteiger partial charge on any atom is -0.479 e. The lowest BCUT2D eigenvalue weighted by Crippen LogP contribution is -2.27. The van der Waals surface area contributed by atoms with Gasteiger partial charge >= 0.3 is 11.9 Å². The largest absolute Gasteiger partial charge is 0.479 e. The molecule has 0 heterocycles. The van der Waals surface area contributed by atoms with E-state index in [4.69, 9.17) is 9.84 Å². The van der Waals surface area contributed by atoms with Gasteiger partial charge in [0.15, 0.2) is 6.10 Å². The van der Waals surface area contributed by atoms with Gasteiger partial charge in [0, 0.05) is 0 Å². The van der Waals surface area contributed by atoms with Crippen LogP contribution in [-0.4, -0.2) is 36.9 Å². The van der Waals surface area contributed by atoms with Crippen LogP contribution in [-0.2, 0) is 19.1 Å². The maximum absolute atomic E-state index is 10.7. The molecule has 5 heteroatoms. The molecule has 0 rings (SSSR count). The van der Waals surface area contributed by atoms with Gasteiger partial charge in [-0.15, -0.1) is 6.58 Å². The number of esters is 1. The highest BCUT2D eigenvalue weighted by Gasteiger charge is 2.21. The van der Waals surface area contributed by atoms with Crippen molar-refractivity contribution in [3.05, 3.63) is 12.7 Å². The molecule has 0 spiro atoms. The van der Waals surface area contributed by atoms with E-state index in [9.17, 15) is 9.59 Å². The number of hydrogen-bond donors (Lipinski definition) is 1. The highest BCUT2D eigenvalue weighted by molar-refractivity contribution is 5.80. The van der Waals surface area contributed by atoms with Crippen LogP contribution < -0.4 is 0 Å². The van der Waals surface area contributed by atoms with Gasteiger partial charge in [0.2, 0.25) is 0 Å². The van der Waals surface area contributed by atoms with Crippen molar-refractivity contribution in [1.29, 1.82) is 0 Å². The maximum atomic E-state index is 10.7. The van der Waals surface area contributed by atoms with Crippen LogP contribution in [0.4, 0.5) is 0 Å². The summed E-state index contributed by atoms with van der Waals surface area (Å²) in [4.78, 5) is 21.2. The SMILES string of the molecule is C=CCOC(CC(=O)OC)C(=O)O. The molecule has 0 radical (unpaired) electrons. The predicted molar refractivity (Wildman–Crippen MR) is 44.2 cm³/mol. The van der Waals surface area contributed by atoms with Gasteiger partial charge in [0.1, 0.15) is 0 Å². The Bertz CT molecular complexity index is 199. The van der Waals surface area contributed by atoms with Crippen molar-refractivity contribution in [3.63, 3.8) is 0 Å². The zero-order valence-electron chi connectivity index (χ0n) is 7.36. The second kappa shape index (κ2) is 6.19. The van der Waals surface area contributed by atoms with Crippen LogP contribution in [0.1, 0.15) is 6.42 Å². The number of ether oxygens (including phenoxy) is 2. The van der Waals surface area contributed by atoms with Gasteiger partial charge in [-0.25, -0.2) is 4.79 Å². The van der Waals surface area contributed by atoms with E-state index in [1.165, 1.54) is 13.2 Å². The number of carboxylic acid groups (broad SMARTS) is 1. The van der Waals surface area contributed by atoms with Gasteiger partial charge in [-0.05, 0) is 0 Å². The number of rotatable bonds is 6. The van der Waals surface area contributed by atoms with E-state index in [2.05, 4.69) is 11.3 Å². The quantitative estimate of drug-likeness (QED) is 0.476. The summed E-state index contributed by atoms with van der Waals surface area (Å²) in [6.07, 6.45) is -0.0437. The third-order valence-electron chi connectivity index (χ3n) is 1.27. The first kappa shape index (κ1) is 11.6. The minimum atomic E-state index is -1.19. The van der Waals surface area contributed by atoms with Crippen LogP contribution >= 0.6 is 0 Å². The molecule has 0 saturated carbocycles. The molecule has 0 aromatic rings. The molecule has 1 atom stereocenters. The normalized spacial score (nSPS) is 11.8. The van der Waals surface area contributed by atoms with E-state index in [-0.39, 0.29) is 13.0 Å². The molecule has 1 unspecified atom stereocenters. The molecular formula is C8H12O5. The summed E-state index contributed by atoms with van der Waals surface area (Å²) in [6, 6.07) is 0. The minimum absolute atomic E-state index is 0.0912. The second-order valence-electron chi connectivity index (χ2n) is 2.23. The molecule has 0 aliphatic heterocycles. The Hall–Kier alpha value is -1.36. The van der Waals surface area contributed by atoms with Gasteiger partial charge in [-0.1, -0.05) is 6.08 Å². The highest BCUT2D eigenvalue weighted by Crippen LogP contribution is 2.00. The van der Waals surface area contributed by atoms with E-state index in [0.717, 1.165) is 0 Å². The summed E-state index contributed by atoms with van der Waals surface area (Å²) in [5, 5.41) is 8.58. The molecule has 1 N–H and O–H groups in total. The molecule has 0 bridgehead atoms. The molecule has 0 aromatic carbocycles. The fourth-order valence-electron chi connectivity index (χ4n) is 0.636. The molecule has 0 amide bonds. The number of aliphatic carboxylic acids is 1. The van der Waals surface area contributed by atoms with Crippen molar-refractivity contribution < 1.29 is 24.2 Å². The smallest absolute Gasteiger partial charge is 0.333 e. The van der Waals surface area contributed by atoms with Crippen LogP contribution in [0.3, 0.4) is 0 Å². The monoisotopic (exact) mass is 188 g/mol. The molecule has 13 heavy (non-hydrogen) atoms. The topological polar surface area (TPSA) is 72.8 Å². The van der Waals surface area contributed by atoms with E-state index in [0.29, 0.717) is 0 Å². The maximum Gasteiger partial charge on any atom is 0.333 e. The zero-order chi connectivity index (χ0) is 10.3. The zero-order valence-corrected chi connectivity index (χ0v) is 7.36. The Balaban J connectivity index is 4.01. The average molecular weight is 188 g/mol. The summed E-state index contributed by atoms with van der Waals surface area (Å²) < 4.78 is 9.11. The van der Waals surface area contributed by atoms with Gasteiger partial charge in [-0.2, -0.15) is 0 Å². The Morgan fingerprint density at radius 2 is 2.23 bits per heavy atom. The fourth-order valence-corrected chi connectivity index (χ4v) is 0.636. The lowest BCUT2D eigenvalue weighted by molar-refractivity contribution is -0.157. The first-order chi connectivity index (χ1) is 6.11. The van der Waals surface area contributed by atoms with Gasteiger partial charge < -0.3 is 14.6 Å². The summed E-state index contributed by atoms with van der Waals surface area (Å²) in [5.74, 6) is -1.80. The number of carbonyl (C=O) groups excluding carboxylic acids is 1.